The first-order valence-corrected chi connectivity index (χ1v) is 27.1. The number of allylic oxidation sites excluding steroid dienone is 2. The van der Waals surface area contributed by atoms with Gasteiger partial charge in [0.1, 0.15) is 103 Å². The fourth-order valence-corrected chi connectivity index (χ4v) is 15.4. The quantitative estimate of drug-likeness (QED) is 0.0681. The smallest absolute Gasteiger partial charge is 0.204 e. The van der Waals surface area contributed by atoms with Crippen LogP contribution in [-0.4, -0.2) is 260 Å². The van der Waals surface area contributed by atoms with Crippen molar-refractivity contribution in [1.82, 2.24) is 0 Å². The lowest BCUT2D eigenvalue weighted by atomic mass is 9.45. The zero-order valence-electron chi connectivity index (χ0n) is 43.4. The fraction of sp³-hybridized carbons (Fsp3) is 0.961. The number of ether oxygens (including phenoxy) is 8. The van der Waals surface area contributed by atoms with E-state index < -0.39 is 189 Å². The van der Waals surface area contributed by atoms with Gasteiger partial charge in [-0.15, -0.1) is 0 Å². The highest BCUT2D eigenvalue weighted by atomic mass is 16.8. The largest absolute Gasteiger partial charge is 0.394 e. The number of hydrogen-bond donors (Lipinski definition) is 17. The molecule has 0 aromatic rings. The summed E-state index contributed by atoms with van der Waals surface area (Å²) in [5.41, 5.74) is -1.61. The summed E-state index contributed by atoms with van der Waals surface area (Å²) >= 11 is 0. The van der Waals surface area contributed by atoms with Crippen LogP contribution in [0.2, 0.25) is 0 Å². The topological polar surface area (TPSA) is 418 Å². The highest BCUT2D eigenvalue weighted by molar-refractivity contribution is 5.29. The van der Waals surface area contributed by atoms with Crippen molar-refractivity contribution in [3.8, 4) is 0 Å². The fourth-order valence-electron chi connectivity index (χ4n) is 15.4. The molecule has 8 fully saturated rings. The molecule has 25 nitrogen and oxygen atoms in total. The first-order valence-electron chi connectivity index (χ1n) is 27.1. The van der Waals surface area contributed by atoms with E-state index in [2.05, 4.69) is 19.9 Å². The van der Waals surface area contributed by atoms with Crippen LogP contribution in [0.1, 0.15) is 85.5 Å². The van der Waals surface area contributed by atoms with Gasteiger partial charge in [0.25, 0.3) is 0 Å². The highest BCUT2D eigenvalue weighted by Gasteiger charge is 2.76. The Hall–Kier alpha value is -1.26. The highest BCUT2D eigenvalue weighted by Crippen LogP contribution is 2.72. The molecule has 0 bridgehead atoms. The van der Waals surface area contributed by atoms with E-state index >= 15 is 0 Å². The van der Waals surface area contributed by atoms with Crippen LogP contribution < -0.4 is 0 Å². The number of hydrogen-bond acceptors (Lipinski definition) is 25. The van der Waals surface area contributed by atoms with E-state index in [1.807, 2.05) is 13.8 Å². The van der Waals surface area contributed by atoms with Crippen LogP contribution in [0, 0.1) is 46.3 Å². The molecule has 3 saturated carbocycles. The molecule has 6 unspecified atom stereocenters. The third-order valence-electron chi connectivity index (χ3n) is 20.2. The SMILES string of the molecule is CC(CC[C@@]1(O)O[C@H]2CC3C4CC=C5CC([C@@]6(O[C@@H]7O[C@H](CO)[C@@H](O)[C@H](O)[C@H]7O)O[C@H](CO)[C@H](O)[C@H](O)[C@H]6O[C@@H]6O[C@H](CO)[C@@H](O)[C@H](O)[C@H]6O)CC[C@]5(C)C4CC[C@]3(C)C2(O)[C@@H]1C)CO[C@@H]1O[C@H](CO)[C@@H](O)[C@H](O)[C@H]1O. The van der Waals surface area contributed by atoms with Crippen LogP contribution in [0.5, 0.6) is 0 Å². The average Bonchev–Trinajstić information content (AvgIpc) is 3.75. The summed E-state index contributed by atoms with van der Waals surface area (Å²) in [5, 5.41) is 185. The van der Waals surface area contributed by atoms with Crippen molar-refractivity contribution in [3.05, 3.63) is 11.6 Å². The van der Waals surface area contributed by atoms with Crippen molar-refractivity contribution in [3.63, 3.8) is 0 Å². The van der Waals surface area contributed by atoms with Crippen LogP contribution >= 0.6 is 0 Å². The standard InChI is InChI=1S/C51H84O25/c1-20(19-69-44-40(64)36(60)32(56)27(15-52)70-44)7-12-49(67)21(2)50(68)31(75-49)14-26-24-6-5-22-13-23(8-10-47(22,3)25(24)9-11-48(26,50)4)51(76-46-42(66)38(62)34(58)29(17-54)72-46)43(39(63)35(59)30(18-55)74-51)73-45-41(65)37(61)33(57)28(16-53)71-45/h5,20-21,23-46,52-68H,6-19H2,1-4H3/t20?,21-,23?,24?,25?,26?,27-,28-,29-,30-,31+,32-,33-,34-,35+,36+,37+,38+,39+,40-,41-,42-,43-,44-,45+,46+,47+,48+,49-,50?,51+/m1/s1. The molecule has 4 aliphatic carbocycles. The van der Waals surface area contributed by atoms with Gasteiger partial charge >= 0.3 is 0 Å². The average molecular weight is 1100 g/mol. The first kappa shape index (κ1) is 59.4. The van der Waals surface area contributed by atoms with Crippen molar-refractivity contribution < 1.29 is 125 Å². The van der Waals surface area contributed by atoms with Gasteiger partial charge in [-0.2, -0.15) is 0 Å². The molecule has 9 aliphatic rings. The van der Waals surface area contributed by atoms with Gasteiger partial charge in [0.2, 0.25) is 5.79 Å². The van der Waals surface area contributed by atoms with Crippen molar-refractivity contribution >= 4 is 0 Å². The van der Waals surface area contributed by atoms with E-state index in [1.54, 1.807) is 0 Å². The van der Waals surface area contributed by atoms with Gasteiger partial charge in [0.05, 0.1) is 39.1 Å². The van der Waals surface area contributed by atoms with Crippen LogP contribution in [0.3, 0.4) is 0 Å². The second-order valence-corrected chi connectivity index (χ2v) is 24.2. The number of rotatable bonds is 15. The minimum absolute atomic E-state index is 0.0349. The monoisotopic (exact) mass is 1100 g/mol. The lowest BCUT2D eigenvalue weighted by Crippen LogP contribution is -2.73. The van der Waals surface area contributed by atoms with Crippen LogP contribution in [0.15, 0.2) is 11.6 Å². The molecule has 0 radical (unpaired) electrons. The number of aliphatic hydroxyl groups is 17. The molecule has 0 spiro atoms. The van der Waals surface area contributed by atoms with Crippen molar-refractivity contribution in [2.24, 2.45) is 46.3 Å². The normalized spacial score (nSPS) is 55.8. The summed E-state index contributed by atoms with van der Waals surface area (Å²) in [6.45, 7) is 4.84. The Kier molecular flexibility index (Phi) is 17.3. The molecule has 76 heavy (non-hydrogen) atoms. The first-order chi connectivity index (χ1) is 35.8. The van der Waals surface area contributed by atoms with E-state index in [-0.39, 0.29) is 49.5 Å². The summed E-state index contributed by atoms with van der Waals surface area (Å²) in [6.07, 6.45) is -27.7. The second kappa shape index (κ2) is 22.1. The van der Waals surface area contributed by atoms with Gasteiger partial charge in [0, 0.05) is 23.7 Å². The number of aliphatic hydroxyl groups excluding tert-OH is 15. The Labute approximate surface area is 440 Å². The van der Waals surface area contributed by atoms with Gasteiger partial charge in [-0.3, -0.25) is 0 Å². The molecule has 0 aromatic heterocycles. The third-order valence-corrected chi connectivity index (χ3v) is 20.2. The predicted octanol–water partition coefficient (Wildman–Crippen LogP) is -5.33. The molecule has 0 amide bonds. The molecule has 9 rings (SSSR count). The lowest BCUT2D eigenvalue weighted by molar-refractivity contribution is -0.455. The van der Waals surface area contributed by atoms with E-state index in [1.165, 1.54) is 0 Å². The second-order valence-electron chi connectivity index (χ2n) is 24.2. The molecule has 31 atom stereocenters. The third kappa shape index (κ3) is 9.48. The Balaban J connectivity index is 0.952. The van der Waals surface area contributed by atoms with E-state index in [0.29, 0.717) is 38.5 Å². The molecule has 5 heterocycles. The zero-order valence-corrected chi connectivity index (χ0v) is 43.4. The summed E-state index contributed by atoms with van der Waals surface area (Å²) in [6, 6.07) is 0. The maximum absolute atomic E-state index is 13.0. The molecule has 17 N–H and O–H groups in total. The van der Waals surface area contributed by atoms with Gasteiger partial charge in [-0.25, -0.2) is 0 Å². The molecule has 25 heteroatoms. The molecule has 0 aromatic carbocycles. The zero-order chi connectivity index (χ0) is 55.4. The minimum Gasteiger partial charge on any atom is -0.394 e. The maximum Gasteiger partial charge on any atom is 0.204 e. The van der Waals surface area contributed by atoms with Crippen LogP contribution in [0.4, 0.5) is 0 Å². The molecule has 5 saturated heterocycles. The van der Waals surface area contributed by atoms with Gasteiger partial charge in [0.15, 0.2) is 24.7 Å². The van der Waals surface area contributed by atoms with Gasteiger partial charge in [-0.1, -0.05) is 39.3 Å². The van der Waals surface area contributed by atoms with Crippen LogP contribution in [0.25, 0.3) is 0 Å². The summed E-state index contributed by atoms with van der Waals surface area (Å²) in [5.74, 6) is -5.83. The summed E-state index contributed by atoms with van der Waals surface area (Å²) in [7, 11) is 0. The van der Waals surface area contributed by atoms with Crippen molar-refractivity contribution in [1.29, 1.82) is 0 Å². The molecular weight excluding hydrogens is 1010 g/mol. The van der Waals surface area contributed by atoms with E-state index in [9.17, 15) is 86.8 Å². The van der Waals surface area contributed by atoms with Gasteiger partial charge in [-0.05, 0) is 80.5 Å². The summed E-state index contributed by atoms with van der Waals surface area (Å²) < 4.78 is 48.7. The lowest BCUT2D eigenvalue weighted by Gasteiger charge is -2.61. The van der Waals surface area contributed by atoms with Gasteiger partial charge < -0.3 is 125 Å². The predicted molar refractivity (Wildman–Crippen MR) is 253 cm³/mol. The molecular formula is C51H84O25. The Morgan fingerprint density at radius 2 is 1.17 bits per heavy atom. The van der Waals surface area contributed by atoms with Crippen LogP contribution in [-0.2, 0) is 37.9 Å². The maximum atomic E-state index is 13.0. The van der Waals surface area contributed by atoms with Crippen molar-refractivity contribution in [2.45, 2.75) is 225 Å². The Bertz CT molecular complexity index is 2020. The van der Waals surface area contributed by atoms with E-state index in [0.717, 1.165) is 5.57 Å². The summed E-state index contributed by atoms with van der Waals surface area (Å²) in [4.78, 5) is 0. The molecule has 5 aliphatic heterocycles. The minimum atomic E-state index is -2.39. The Morgan fingerprint density at radius 1 is 0.632 bits per heavy atom. The molecule has 438 valence electrons. The Morgan fingerprint density at radius 3 is 1.76 bits per heavy atom. The van der Waals surface area contributed by atoms with E-state index in [4.69, 9.17) is 37.9 Å². The van der Waals surface area contributed by atoms with Crippen molar-refractivity contribution in [2.75, 3.05) is 33.0 Å². The number of fused-ring (bicyclic) bond motifs is 7.